The van der Waals surface area contributed by atoms with Crippen molar-refractivity contribution >= 4 is 17.2 Å². The number of anilines is 3. The third-order valence-electron chi connectivity index (χ3n) is 4.45. The van der Waals surface area contributed by atoms with Gasteiger partial charge in [0.1, 0.15) is 29.2 Å². The lowest BCUT2D eigenvalue weighted by Gasteiger charge is -2.31. The van der Waals surface area contributed by atoms with Gasteiger partial charge in [-0.3, -0.25) is 0 Å². The average Bonchev–Trinajstić information content (AvgIpc) is 2.58. The number of fused-ring (bicyclic) bond motifs is 1. The Morgan fingerprint density at radius 1 is 0.966 bits per heavy atom. The van der Waals surface area contributed by atoms with Crippen LogP contribution in [0.25, 0.3) is 11.1 Å². The highest BCUT2D eigenvalue weighted by Crippen LogP contribution is 2.44. The molecule has 1 aliphatic heterocycles. The maximum Gasteiger partial charge on any atom is 0.408 e. The van der Waals surface area contributed by atoms with Crippen LogP contribution in [0.4, 0.5) is 47.9 Å². The minimum absolute atomic E-state index is 0.0642. The van der Waals surface area contributed by atoms with Crippen molar-refractivity contribution in [2.24, 2.45) is 5.92 Å². The Labute approximate surface area is 161 Å². The second kappa shape index (κ2) is 7.60. The van der Waals surface area contributed by atoms with Crippen LogP contribution in [0.15, 0.2) is 12.1 Å². The Morgan fingerprint density at radius 2 is 1.55 bits per heavy atom. The molecule has 11 heteroatoms. The third kappa shape index (κ3) is 4.03. The maximum atomic E-state index is 14.8. The van der Waals surface area contributed by atoms with Crippen LogP contribution in [0.5, 0.6) is 0 Å². The summed E-state index contributed by atoms with van der Waals surface area (Å²) in [4.78, 5) is 3.58. The molecule has 0 fully saturated rings. The summed E-state index contributed by atoms with van der Waals surface area (Å²) in [6, 6.07) is -1.52. The molecule has 0 radical (unpaired) electrons. The van der Waals surface area contributed by atoms with Gasteiger partial charge in [-0.05, 0) is 5.92 Å². The molecular weight excluding hydrogens is 405 g/mol. The second-order valence-electron chi connectivity index (χ2n) is 6.88. The summed E-state index contributed by atoms with van der Waals surface area (Å²) in [6.07, 6.45) is -4.74. The fourth-order valence-corrected chi connectivity index (χ4v) is 3.16. The highest BCUT2D eigenvalue weighted by atomic mass is 19.4. The van der Waals surface area contributed by atoms with E-state index in [1.54, 1.807) is 0 Å². The summed E-state index contributed by atoms with van der Waals surface area (Å²) in [5.74, 6) is -6.69. The van der Waals surface area contributed by atoms with Crippen LogP contribution < -0.4 is 16.0 Å². The number of hydrogen-bond acceptors (Lipinski definition) is 4. The lowest BCUT2D eigenvalue weighted by molar-refractivity contribution is -0.150. The van der Waals surface area contributed by atoms with Crippen molar-refractivity contribution in [3.63, 3.8) is 0 Å². The molecule has 0 spiro atoms. The predicted molar refractivity (Wildman–Crippen MR) is 94.8 cm³/mol. The molecule has 0 aliphatic carbocycles. The quantitative estimate of drug-likeness (QED) is 0.472. The summed E-state index contributed by atoms with van der Waals surface area (Å²) in [5, 5.41) is 7.68. The van der Waals surface area contributed by atoms with Gasteiger partial charge in [-0.1, -0.05) is 13.8 Å². The molecule has 1 aromatic heterocycles. The highest BCUT2D eigenvalue weighted by molar-refractivity contribution is 5.93. The maximum absolute atomic E-state index is 14.8. The van der Waals surface area contributed by atoms with E-state index in [4.69, 9.17) is 0 Å². The fraction of sp³-hybridized carbons (Fsp3) is 0.389. The van der Waals surface area contributed by atoms with E-state index >= 15 is 0 Å². The van der Waals surface area contributed by atoms with E-state index in [1.165, 1.54) is 13.8 Å². The van der Waals surface area contributed by atoms with E-state index in [0.717, 1.165) is 0 Å². The number of aromatic nitrogens is 1. The Bertz CT molecular complexity index is 904. The van der Waals surface area contributed by atoms with Crippen LogP contribution in [0, 0.1) is 29.3 Å². The van der Waals surface area contributed by atoms with E-state index < -0.39 is 58.3 Å². The van der Waals surface area contributed by atoms with Crippen LogP contribution >= 0.6 is 0 Å². The number of nitrogens with zero attached hydrogens (tertiary/aromatic N) is 1. The molecule has 1 atom stereocenters. The van der Waals surface area contributed by atoms with E-state index in [9.17, 15) is 30.7 Å². The van der Waals surface area contributed by atoms with Gasteiger partial charge in [0.05, 0.1) is 16.8 Å². The number of benzene rings is 1. The molecule has 158 valence electrons. The normalized spacial score (nSPS) is 14.8. The summed E-state index contributed by atoms with van der Waals surface area (Å²) < 4.78 is 97.4. The first kappa shape index (κ1) is 21.0. The van der Waals surface area contributed by atoms with Crippen molar-refractivity contribution in [1.29, 1.82) is 0 Å². The molecule has 0 bridgehead atoms. The number of nitrogens with one attached hydrogen (secondary N) is 3. The zero-order valence-electron chi connectivity index (χ0n) is 15.3. The number of rotatable bonds is 4. The van der Waals surface area contributed by atoms with E-state index in [0.29, 0.717) is 18.7 Å². The van der Waals surface area contributed by atoms with Crippen molar-refractivity contribution < 1.29 is 30.7 Å². The molecule has 0 amide bonds. The van der Waals surface area contributed by atoms with Gasteiger partial charge in [-0.25, -0.2) is 13.2 Å². The van der Waals surface area contributed by atoms with Crippen molar-refractivity contribution in [3.05, 3.63) is 35.5 Å². The molecule has 29 heavy (non-hydrogen) atoms. The third-order valence-corrected chi connectivity index (χ3v) is 4.45. The number of hydrogen-bond donors (Lipinski definition) is 3. The van der Waals surface area contributed by atoms with Crippen LogP contribution in [0.1, 0.15) is 13.8 Å². The average molecular weight is 422 g/mol. The molecule has 4 nitrogen and oxygen atoms in total. The van der Waals surface area contributed by atoms with Crippen LogP contribution in [-0.4, -0.2) is 30.3 Å². The number of halogens is 7. The van der Waals surface area contributed by atoms with Crippen molar-refractivity contribution in [1.82, 2.24) is 4.98 Å². The summed E-state index contributed by atoms with van der Waals surface area (Å²) in [7, 11) is 0. The first-order valence-corrected chi connectivity index (χ1v) is 8.70. The van der Waals surface area contributed by atoms with E-state index in [-0.39, 0.29) is 18.1 Å². The molecule has 1 aliphatic rings. The van der Waals surface area contributed by atoms with Crippen LogP contribution in [-0.2, 0) is 0 Å². The van der Waals surface area contributed by atoms with Crippen molar-refractivity contribution in [2.75, 3.05) is 29.0 Å². The zero-order chi connectivity index (χ0) is 21.5. The first-order chi connectivity index (χ1) is 13.5. The van der Waals surface area contributed by atoms with Crippen molar-refractivity contribution in [2.45, 2.75) is 26.1 Å². The Morgan fingerprint density at radius 3 is 2.10 bits per heavy atom. The SMILES string of the molecule is CC(C)[C@H](Nc1c2c(nc(F)c1-c1c(F)cc(F)cc1F)NCCN2)C(F)(F)F. The summed E-state index contributed by atoms with van der Waals surface area (Å²) in [5.41, 5.74) is -2.45. The highest BCUT2D eigenvalue weighted by Gasteiger charge is 2.43. The van der Waals surface area contributed by atoms with Gasteiger partial charge >= 0.3 is 6.18 Å². The minimum atomic E-state index is -4.74. The lowest BCUT2D eigenvalue weighted by Crippen LogP contribution is -2.41. The summed E-state index contributed by atoms with van der Waals surface area (Å²) in [6.45, 7) is 3.14. The van der Waals surface area contributed by atoms with E-state index in [1.807, 2.05) is 0 Å². The van der Waals surface area contributed by atoms with Crippen LogP contribution in [0.3, 0.4) is 0 Å². The zero-order valence-corrected chi connectivity index (χ0v) is 15.3. The Kier molecular flexibility index (Phi) is 5.50. The summed E-state index contributed by atoms with van der Waals surface area (Å²) >= 11 is 0. The fourth-order valence-electron chi connectivity index (χ4n) is 3.16. The Balaban J connectivity index is 2.29. The van der Waals surface area contributed by atoms with Gasteiger partial charge in [0.15, 0.2) is 5.82 Å². The molecule has 0 unspecified atom stereocenters. The van der Waals surface area contributed by atoms with Gasteiger partial charge in [0.25, 0.3) is 0 Å². The molecule has 1 aromatic carbocycles. The lowest BCUT2D eigenvalue weighted by atomic mass is 9.98. The first-order valence-electron chi connectivity index (χ1n) is 8.70. The van der Waals surface area contributed by atoms with E-state index in [2.05, 4.69) is 20.9 Å². The Hall–Kier alpha value is -2.72. The molecule has 2 heterocycles. The molecule has 0 saturated carbocycles. The molecule has 3 rings (SSSR count). The van der Waals surface area contributed by atoms with Crippen LogP contribution in [0.2, 0.25) is 0 Å². The molecule has 3 N–H and O–H groups in total. The monoisotopic (exact) mass is 422 g/mol. The number of alkyl halides is 3. The van der Waals surface area contributed by atoms with Gasteiger partial charge in [0.2, 0.25) is 5.95 Å². The standard InChI is InChI=1S/C18H17F7N4/c1-7(2)15(18(23,24)25)28-13-12(11-9(20)5-8(19)6-10(11)21)16(22)29-17-14(13)26-3-4-27-17/h5-7,15,26H,3-4H2,1-2H3,(H2,27,28,29)/t15-/m0/s1. The smallest absolute Gasteiger partial charge is 0.379 e. The van der Waals surface area contributed by atoms with Gasteiger partial charge < -0.3 is 16.0 Å². The molecule has 0 saturated heterocycles. The topological polar surface area (TPSA) is 49.0 Å². The van der Waals surface area contributed by atoms with Gasteiger partial charge in [0, 0.05) is 25.2 Å². The van der Waals surface area contributed by atoms with Gasteiger partial charge in [-0.15, -0.1) is 0 Å². The predicted octanol–water partition coefficient (Wildman–Crippen LogP) is 5.14. The molecular formula is C18H17F7N4. The number of pyridine rings is 1. The van der Waals surface area contributed by atoms with Gasteiger partial charge in [-0.2, -0.15) is 22.5 Å². The van der Waals surface area contributed by atoms with Crippen molar-refractivity contribution in [3.8, 4) is 11.1 Å². The molecule has 2 aromatic rings. The largest absolute Gasteiger partial charge is 0.408 e. The minimum Gasteiger partial charge on any atom is -0.379 e. The second-order valence-corrected chi connectivity index (χ2v) is 6.88.